The number of rotatable bonds is 11. The largest absolute Gasteiger partial charge is 0.179 e. The first-order valence-electron chi connectivity index (χ1n) is 6.63. The molecule has 0 aromatic rings. The average molecular weight is 240 g/mol. The van der Waals surface area contributed by atoms with Crippen LogP contribution < -0.4 is 0 Å². The second-order valence-corrected chi connectivity index (χ2v) is 5.13. The number of hydrogen-bond donors (Lipinski definition) is 1. The van der Waals surface area contributed by atoms with Crippen LogP contribution >= 0.6 is 12.6 Å². The van der Waals surface area contributed by atoms with E-state index in [4.69, 9.17) is 0 Å². The zero-order valence-electron chi connectivity index (χ0n) is 10.9. The lowest BCUT2D eigenvalue weighted by atomic mass is 10.0. The summed E-state index contributed by atoms with van der Waals surface area (Å²) in [6.45, 7) is 9.97. The maximum Gasteiger partial charge on any atom is -0.00979 e. The van der Waals surface area contributed by atoms with Crippen LogP contribution in [0, 0.1) is 0 Å². The third-order valence-corrected chi connectivity index (χ3v) is 3.31. The van der Waals surface area contributed by atoms with E-state index >= 15 is 0 Å². The number of hydrogen-bond acceptors (Lipinski definition) is 1. The van der Waals surface area contributed by atoms with Gasteiger partial charge in [0.05, 0.1) is 0 Å². The Bertz CT molecular complexity index is 194. The van der Waals surface area contributed by atoms with Gasteiger partial charge >= 0.3 is 0 Å². The Kier molecular flexibility index (Phi) is 11.2. The smallest absolute Gasteiger partial charge is 0.00979 e. The van der Waals surface area contributed by atoms with Crippen molar-refractivity contribution in [3.05, 3.63) is 24.3 Å². The van der Waals surface area contributed by atoms with Crippen LogP contribution in [0.1, 0.15) is 64.7 Å². The Morgan fingerprint density at radius 2 is 1.25 bits per heavy atom. The molecule has 0 saturated carbocycles. The van der Waals surface area contributed by atoms with Gasteiger partial charge < -0.3 is 0 Å². The van der Waals surface area contributed by atoms with E-state index in [2.05, 4.69) is 25.8 Å². The van der Waals surface area contributed by atoms with Crippen LogP contribution in [0.3, 0.4) is 0 Å². The van der Waals surface area contributed by atoms with E-state index in [-0.39, 0.29) is 0 Å². The Morgan fingerprint density at radius 3 is 1.69 bits per heavy atom. The van der Waals surface area contributed by atoms with Crippen molar-refractivity contribution >= 4 is 12.6 Å². The molecule has 0 rings (SSSR count). The SMILES string of the molecule is C=C(C)C(=C)CCCCCCCCCCS. The first-order chi connectivity index (χ1) is 7.68. The Hall–Kier alpha value is -0.170. The summed E-state index contributed by atoms with van der Waals surface area (Å²) in [4.78, 5) is 0. The van der Waals surface area contributed by atoms with E-state index in [9.17, 15) is 0 Å². The maximum atomic E-state index is 4.21. The summed E-state index contributed by atoms with van der Waals surface area (Å²) >= 11 is 4.21. The van der Waals surface area contributed by atoms with Gasteiger partial charge in [0.25, 0.3) is 0 Å². The minimum absolute atomic E-state index is 1.04. The molecule has 94 valence electrons. The Balaban J connectivity index is 3.10. The zero-order valence-corrected chi connectivity index (χ0v) is 11.8. The van der Waals surface area contributed by atoms with Gasteiger partial charge in [0, 0.05) is 0 Å². The predicted octanol–water partition coefficient (Wildman–Crippen LogP) is 5.56. The van der Waals surface area contributed by atoms with Gasteiger partial charge in [-0.2, -0.15) is 12.6 Å². The molecule has 0 aliphatic carbocycles. The topological polar surface area (TPSA) is 0 Å². The number of unbranched alkanes of at least 4 members (excludes halogenated alkanes) is 7. The molecular weight excluding hydrogens is 212 g/mol. The monoisotopic (exact) mass is 240 g/mol. The summed E-state index contributed by atoms with van der Waals surface area (Å²) in [5.74, 6) is 1.04. The highest BCUT2D eigenvalue weighted by molar-refractivity contribution is 7.80. The van der Waals surface area contributed by atoms with Crippen LogP contribution in [0.15, 0.2) is 24.3 Å². The van der Waals surface area contributed by atoms with Gasteiger partial charge in [0.1, 0.15) is 0 Å². The second kappa shape index (κ2) is 11.3. The van der Waals surface area contributed by atoms with Gasteiger partial charge in [-0.1, -0.05) is 62.8 Å². The first-order valence-corrected chi connectivity index (χ1v) is 7.26. The van der Waals surface area contributed by atoms with Crippen LogP contribution in [0.4, 0.5) is 0 Å². The fourth-order valence-electron chi connectivity index (χ4n) is 1.72. The molecule has 16 heavy (non-hydrogen) atoms. The minimum Gasteiger partial charge on any atom is -0.179 e. The molecule has 0 atom stereocenters. The molecule has 0 N–H and O–H groups in total. The van der Waals surface area contributed by atoms with E-state index in [1.54, 1.807) is 0 Å². The summed E-state index contributed by atoms with van der Waals surface area (Å²) in [6, 6.07) is 0. The highest BCUT2D eigenvalue weighted by Crippen LogP contribution is 2.15. The molecule has 0 saturated heterocycles. The Labute approximate surface area is 108 Å². The molecule has 0 unspecified atom stereocenters. The molecule has 0 nitrogen and oxygen atoms in total. The van der Waals surface area contributed by atoms with E-state index in [1.165, 1.54) is 56.9 Å². The molecule has 0 heterocycles. The lowest BCUT2D eigenvalue weighted by Crippen LogP contribution is -1.85. The summed E-state index contributed by atoms with van der Waals surface area (Å²) < 4.78 is 0. The fourth-order valence-corrected chi connectivity index (χ4v) is 1.95. The van der Waals surface area contributed by atoms with Crippen LogP contribution in [0.2, 0.25) is 0 Å². The average Bonchev–Trinajstić information content (AvgIpc) is 2.26. The van der Waals surface area contributed by atoms with Crippen molar-refractivity contribution in [2.75, 3.05) is 5.75 Å². The zero-order chi connectivity index (χ0) is 12.2. The first kappa shape index (κ1) is 15.8. The Morgan fingerprint density at radius 1 is 0.812 bits per heavy atom. The molecule has 0 aliphatic rings. The van der Waals surface area contributed by atoms with Crippen LogP contribution in [0.25, 0.3) is 0 Å². The van der Waals surface area contributed by atoms with Gasteiger partial charge in [0.2, 0.25) is 0 Å². The molecule has 1 heteroatoms. The predicted molar refractivity (Wildman–Crippen MR) is 79.4 cm³/mol. The van der Waals surface area contributed by atoms with Crippen LogP contribution in [-0.4, -0.2) is 5.75 Å². The summed E-state index contributed by atoms with van der Waals surface area (Å²) in [5, 5.41) is 0. The number of thiol groups is 1. The molecule has 0 aliphatic heterocycles. The van der Waals surface area contributed by atoms with Crippen LogP contribution in [0.5, 0.6) is 0 Å². The summed E-state index contributed by atoms with van der Waals surface area (Å²) in [7, 11) is 0. The quantitative estimate of drug-likeness (QED) is 0.273. The number of allylic oxidation sites excluding steroid dienone is 2. The van der Waals surface area contributed by atoms with E-state index in [0.717, 1.165) is 17.7 Å². The lowest BCUT2D eigenvalue weighted by Gasteiger charge is -2.04. The van der Waals surface area contributed by atoms with Crippen LogP contribution in [-0.2, 0) is 0 Å². The third kappa shape index (κ3) is 10.4. The summed E-state index contributed by atoms with van der Waals surface area (Å²) in [6.07, 6.45) is 12.0. The second-order valence-electron chi connectivity index (χ2n) is 4.69. The normalized spacial score (nSPS) is 10.4. The van der Waals surface area contributed by atoms with E-state index in [1.807, 2.05) is 6.92 Å². The summed E-state index contributed by atoms with van der Waals surface area (Å²) in [5.41, 5.74) is 2.38. The highest BCUT2D eigenvalue weighted by atomic mass is 32.1. The molecule has 0 aromatic heterocycles. The molecule has 0 aromatic carbocycles. The van der Waals surface area contributed by atoms with Gasteiger partial charge in [0.15, 0.2) is 0 Å². The molecule has 0 bridgehead atoms. The highest BCUT2D eigenvalue weighted by Gasteiger charge is 1.95. The standard InChI is InChI=1S/C15H28S/c1-14(2)15(3)12-10-8-6-4-5-7-9-11-13-16/h16H,1,3-13H2,2H3. The third-order valence-electron chi connectivity index (χ3n) is 2.99. The van der Waals surface area contributed by atoms with Gasteiger partial charge in [-0.15, -0.1) is 0 Å². The van der Waals surface area contributed by atoms with E-state index < -0.39 is 0 Å². The van der Waals surface area contributed by atoms with Crippen molar-refractivity contribution in [2.24, 2.45) is 0 Å². The van der Waals surface area contributed by atoms with Gasteiger partial charge in [-0.3, -0.25) is 0 Å². The molecule has 0 fully saturated rings. The van der Waals surface area contributed by atoms with Crippen molar-refractivity contribution in [3.63, 3.8) is 0 Å². The fraction of sp³-hybridized carbons (Fsp3) is 0.733. The molecule has 0 spiro atoms. The minimum atomic E-state index is 1.04. The van der Waals surface area contributed by atoms with Gasteiger partial charge in [-0.05, 0) is 31.9 Å². The molecule has 0 radical (unpaired) electrons. The van der Waals surface area contributed by atoms with Crippen molar-refractivity contribution in [3.8, 4) is 0 Å². The molecular formula is C15H28S. The van der Waals surface area contributed by atoms with Crippen molar-refractivity contribution in [1.82, 2.24) is 0 Å². The maximum absolute atomic E-state index is 4.21. The van der Waals surface area contributed by atoms with Crippen molar-refractivity contribution in [1.29, 1.82) is 0 Å². The lowest BCUT2D eigenvalue weighted by molar-refractivity contribution is 0.577. The van der Waals surface area contributed by atoms with Crippen molar-refractivity contribution < 1.29 is 0 Å². The van der Waals surface area contributed by atoms with Gasteiger partial charge in [-0.25, -0.2) is 0 Å². The van der Waals surface area contributed by atoms with E-state index in [0.29, 0.717) is 0 Å². The van der Waals surface area contributed by atoms with Crippen molar-refractivity contribution in [2.45, 2.75) is 64.7 Å². The molecule has 0 amide bonds.